The number of aliphatic hydroxyl groups excluding tert-OH is 1. The van der Waals surface area contributed by atoms with E-state index in [0.717, 1.165) is 20.9 Å². The van der Waals surface area contributed by atoms with E-state index in [1.54, 1.807) is 11.9 Å². The van der Waals surface area contributed by atoms with Crippen molar-refractivity contribution in [3.05, 3.63) is 57.3 Å². The molecule has 1 N–H and O–H groups in total. The third kappa shape index (κ3) is 4.19. The summed E-state index contributed by atoms with van der Waals surface area (Å²) in [5.74, 6) is 5.52. The number of aryl methyl sites for hydroxylation is 1. The van der Waals surface area contributed by atoms with Crippen LogP contribution in [0, 0.1) is 18.8 Å². The number of carbonyl (C=O) groups excluding carboxylic acids is 1. The summed E-state index contributed by atoms with van der Waals surface area (Å²) < 4.78 is 0. The zero-order valence-electron chi connectivity index (χ0n) is 12.1. The minimum absolute atomic E-state index is 0.0277. The normalized spacial score (nSPS) is 9.86. The Labute approximate surface area is 128 Å². The SMILES string of the molecule is Cc1ccc(C(=O)N(C)Cc2cccc(C#CCO)c2)s1. The maximum absolute atomic E-state index is 12.3. The number of aliphatic hydroxyl groups is 1. The topological polar surface area (TPSA) is 40.5 Å². The molecule has 0 aliphatic carbocycles. The summed E-state index contributed by atoms with van der Waals surface area (Å²) in [6.45, 7) is 2.37. The number of hydrogen-bond donors (Lipinski definition) is 1. The van der Waals surface area contributed by atoms with Gasteiger partial charge in [-0.2, -0.15) is 0 Å². The molecule has 4 heteroatoms. The molecule has 0 fully saturated rings. The second-order valence-electron chi connectivity index (χ2n) is 4.73. The van der Waals surface area contributed by atoms with Crippen molar-refractivity contribution in [2.45, 2.75) is 13.5 Å². The minimum Gasteiger partial charge on any atom is -0.384 e. The van der Waals surface area contributed by atoms with Crippen molar-refractivity contribution in [2.24, 2.45) is 0 Å². The second-order valence-corrected chi connectivity index (χ2v) is 6.02. The van der Waals surface area contributed by atoms with Crippen LogP contribution in [0.15, 0.2) is 36.4 Å². The average molecular weight is 299 g/mol. The van der Waals surface area contributed by atoms with E-state index in [1.807, 2.05) is 43.3 Å². The standard InChI is InChI=1S/C17H17NO2S/c1-13-8-9-16(21-13)17(20)18(2)12-15-6-3-5-14(11-15)7-4-10-19/h3,5-6,8-9,11,19H,10,12H2,1-2H3. The van der Waals surface area contributed by atoms with E-state index in [-0.39, 0.29) is 12.5 Å². The number of nitrogens with zero attached hydrogens (tertiary/aromatic N) is 1. The van der Waals surface area contributed by atoms with Gasteiger partial charge in [0.15, 0.2) is 0 Å². The van der Waals surface area contributed by atoms with Crippen molar-refractivity contribution in [1.82, 2.24) is 4.90 Å². The number of amides is 1. The number of benzene rings is 1. The van der Waals surface area contributed by atoms with Crippen LogP contribution < -0.4 is 0 Å². The smallest absolute Gasteiger partial charge is 0.263 e. The number of hydrogen-bond acceptors (Lipinski definition) is 3. The molecular weight excluding hydrogens is 282 g/mol. The lowest BCUT2D eigenvalue weighted by Gasteiger charge is -2.16. The Morgan fingerprint density at radius 1 is 1.33 bits per heavy atom. The molecule has 1 aromatic carbocycles. The average Bonchev–Trinajstić information content (AvgIpc) is 2.91. The van der Waals surface area contributed by atoms with Crippen LogP contribution in [0.5, 0.6) is 0 Å². The highest BCUT2D eigenvalue weighted by Gasteiger charge is 2.13. The fourth-order valence-corrected chi connectivity index (χ4v) is 2.83. The van der Waals surface area contributed by atoms with Crippen LogP contribution in [-0.4, -0.2) is 29.6 Å². The molecule has 0 atom stereocenters. The lowest BCUT2D eigenvalue weighted by atomic mass is 10.1. The van der Waals surface area contributed by atoms with Gasteiger partial charge in [0.25, 0.3) is 5.91 Å². The van der Waals surface area contributed by atoms with Gasteiger partial charge in [-0.1, -0.05) is 24.0 Å². The van der Waals surface area contributed by atoms with Crippen molar-refractivity contribution in [3.63, 3.8) is 0 Å². The Hall–Kier alpha value is -2.09. The monoisotopic (exact) mass is 299 g/mol. The molecule has 108 valence electrons. The third-order valence-electron chi connectivity index (χ3n) is 2.96. The van der Waals surface area contributed by atoms with Crippen molar-refractivity contribution in [3.8, 4) is 11.8 Å². The molecule has 0 radical (unpaired) electrons. The number of carbonyl (C=O) groups is 1. The molecular formula is C17H17NO2S. The molecule has 2 aromatic rings. The summed E-state index contributed by atoms with van der Waals surface area (Å²) >= 11 is 1.51. The van der Waals surface area contributed by atoms with E-state index in [0.29, 0.717) is 6.54 Å². The first kappa shape index (κ1) is 15.3. The van der Waals surface area contributed by atoms with Gasteiger partial charge in [-0.05, 0) is 36.8 Å². The third-order valence-corrected chi connectivity index (χ3v) is 3.95. The molecule has 0 spiro atoms. The molecule has 21 heavy (non-hydrogen) atoms. The van der Waals surface area contributed by atoms with E-state index in [4.69, 9.17) is 5.11 Å². The first-order chi connectivity index (χ1) is 10.1. The maximum Gasteiger partial charge on any atom is 0.263 e. The fraction of sp³-hybridized carbons (Fsp3) is 0.235. The van der Waals surface area contributed by atoms with Crippen molar-refractivity contribution in [2.75, 3.05) is 13.7 Å². The van der Waals surface area contributed by atoms with Crippen molar-refractivity contribution < 1.29 is 9.90 Å². The van der Waals surface area contributed by atoms with Gasteiger partial charge in [-0.25, -0.2) is 0 Å². The molecule has 2 rings (SSSR count). The first-order valence-electron chi connectivity index (χ1n) is 6.60. The molecule has 0 saturated heterocycles. The summed E-state index contributed by atoms with van der Waals surface area (Å²) in [5.41, 5.74) is 1.86. The Morgan fingerprint density at radius 2 is 2.14 bits per heavy atom. The van der Waals surface area contributed by atoms with Gasteiger partial charge in [0.2, 0.25) is 0 Å². The molecule has 0 aliphatic heterocycles. The van der Waals surface area contributed by atoms with Gasteiger partial charge in [0, 0.05) is 24.0 Å². The molecule has 1 aromatic heterocycles. The van der Waals surface area contributed by atoms with Gasteiger partial charge in [-0.3, -0.25) is 4.79 Å². The zero-order chi connectivity index (χ0) is 15.2. The van der Waals surface area contributed by atoms with Crippen LogP contribution in [-0.2, 0) is 6.54 Å². The molecule has 0 bridgehead atoms. The highest BCUT2D eigenvalue weighted by Crippen LogP contribution is 2.18. The lowest BCUT2D eigenvalue weighted by molar-refractivity contribution is 0.0790. The molecule has 0 aliphatic rings. The Morgan fingerprint density at radius 3 is 2.81 bits per heavy atom. The highest BCUT2D eigenvalue weighted by molar-refractivity contribution is 7.13. The van der Waals surface area contributed by atoms with Gasteiger partial charge in [0.05, 0.1) is 4.88 Å². The molecule has 3 nitrogen and oxygen atoms in total. The summed E-state index contributed by atoms with van der Waals surface area (Å²) in [4.78, 5) is 15.9. The Balaban J connectivity index is 2.08. The largest absolute Gasteiger partial charge is 0.384 e. The van der Waals surface area contributed by atoms with Crippen LogP contribution in [0.2, 0.25) is 0 Å². The lowest BCUT2D eigenvalue weighted by Crippen LogP contribution is -2.25. The Kier molecular flexibility index (Phi) is 5.15. The molecule has 1 heterocycles. The van der Waals surface area contributed by atoms with Gasteiger partial charge in [-0.15, -0.1) is 11.3 Å². The minimum atomic E-state index is -0.152. The van der Waals surface area contributed by atoms with Gasteiger partial charge in [0.1, 0.15) is 6.61 Å². The van der Waals surface area contributed by atoms with Crippen LogP contribution in [0.3, 0.4) is 0 Å². The van der Waals surface area contributed by atoms with Crippen LogP contribution in [0.1, 0.15) is 25.7 Å². The van der Waals surface area contributed by atoms with E-state index >= 15 is 0 Å². The van der Waals surface area contributed by atoms with Crippen LogP contribution in [0.4, 0.5) is 0 Å². The zero-order valence-corrected chi connectivity index (χ0v) is 12.9. The number of thiophene rings is 1. The predicted molar refractivity (Wildman–Crippen MR) is 85.3 cm³/mol. The molecule has 0 saturated carbocycles. The van der Waals surface area contributed by atoms with Gasteiger partial charge >= 0.3 is 0 Å². The van der Waals surface area contributed by atoms with E-state index in [1.165, 1.54) is 11.3 Å². The summed E-state index contributed by atoms with van der Waals surface area (Å²) in [6.07, 6.45) is 0. The predicted octanol–water partition coefficient (Wildman–Crippen LogP) is 2.67. The maximum atomic E-state index is 12.3. The Bertz CT molecular complexity index is 694. The van der Waals surface area contributed by atoms with Crippen molar-refractivity contribution in [1.29, 1.82) is 0 Å². The summed E-state index contributed by atoms with van der Waals surface area (Å²) in [5, 5.41) is 8.72. The van der Waals surface area contributed by atoms with E-state index in [9.17, 15) is 4.79 Å². The quantitative estimate of drug-likeness (QED) is 0.885. The van der Waals surface area contributed by atoms with E-state index < -0.39 is 0 Å². The first-order valence-corrected chi connectivity index (χ1v) is 7.42. The summed E-state index contributed by atoms with van der Waals surface area (Å²) in [7, 11) is 1.80. The molecule has 1 amide bonds. The van der Waals surface area contributed by atoms with Crippen LogP contribution in [0.25, 0.3) is 0 Å². The second kappa shape index (κ2) is 7.07. The van der Waals surface area contributed by atoms with Crippen LogP contribution >= 0.6 is 11.3 Å². The van der Waals surface area contributed by atoms with Crippen molar-refractivity contribution >= 4 is 17.2 Å². The number of rotatable bonds is 3. The summed E-state index contributed by atoms with van der Waals surface area (Å²) in [6, 6.07) is 11.5. The highest BCUT2D eigenvalue weighted by atomic mass is 32.1. The molecule has 0 unspecified atom stereocenters. The van der Waals surface area contributed by atoms with E-state index in [2.05, 4.69) is 11.8 Å². The fourth-order valence-electron chi connectivity index (χ4n) is 1.97. The van der Waals surface area contributed by atoms with Gasteiger partial charge < -0.3 is 10.0 Å².